The molecule has 0 spiro atoms. The third kappa shape index (κ3) is 1.91. The van der Waals surface area contributed by atoms with Gasteiger partial charge in [-0.15, -0.1) is 0 Å². The van der Waals surface area contributed by atoms with E-state index >= 15 is 0 Å². The first-order valence-corrected chi connectivity index (χ1v) is 5.20. The molecule has 0 saturated carbocycles. The second-order valence-electron chi connectivity index (χ2n) is 4.05. The molecule has 82 valence electrons. The number of hydrogen-bond donors (Lipinski definition) is 1. The molecule has 0 aliphatic carbocycles. The van der Waals surface area contributed by atoms with E-state index < -0.39 is 0 Å². The fourth-order valence-corrected chi connectivity index (χ4v) is 1.80. The molecule has 0 atom stereocenters. The van der Waals surface area contributed by atoms with Crippen LogP contribution in [0.3, 0.4) is 0 Å². The maximum atomic E-state index is 13.0. The topological polar surface area (TPSA) is 26.0 Å². The Morgan fingerprint density at radius 2 is 1.69 bits per heavy atom. The van der Waals surface area contributed by atoms with E-state index in [4.69, 9.17) is 5.73 Å². The number of nitrogens with two attached hydrogens (primary N) is 1. The summed E-state index contributed by atoms with van der Waals surface area (Å²) < 4.78 is 13.0. The summed E-state index contributed by atoms with van der Waals surface area (Å²) in [6, 6.07) is 10.7. The standard InChI is InChI=1S/C14H14FN/c1-9-3-4-10(2)13(7-9)12-6-5-11(15)8-14(12)16/h3-8H,16H2,1-2H3. The Bertz CT molecular complexity index is 532. The lowest BCUT2D eigenvalue weighted by atomic mass is 9.97. The minimum Gasteiger partial charge on any atom is -0.398 e. The van der Waals surface area contributed by atoms with Crippen LogP contribution in [0.4, 0.5) is 10.1 Å². The highest BCUT2D eigenvalue weighted by Crippen LogP contribution is 2.29. The van der Waals surface area contributed by atoms with Gasteiger partial charge in [-0.25, -0.2) is 4.39 Å². The molecule has 0 aromatic heterocycles. The highest BCUT2D eigenvalue weighted by molar-refractivity contribution is 5.78. The molecule has 0 radical (unpaired) electrons. The van der Waals surface area contributed by atoms with Crippen molar-refractivity contribution in [1.29, 1.82) is 0 Å². The van der Waals surface area contributed by atoms with Crippen molar-refractivity contribution in [3.63, 3.8) is 0 Å². The van der Waals surface area contributed by atoms with Gasteiger partial charge in [0, 0.05) is 11.3 Å². The van der Waals surface area contributed by atoms with Crippen molar-refractivity contribution in [3.8, 4) is 11.1 Å². The Balaban J connectivity index is 2.62. The van der Waals surface area contributed by atoms with Gasteiger partial charge in [-0.1, -0.05) is 23.8 Å². The molecule has 1 nitrogen and oxygen atoms in total. The first-order chi connectivity index (χ1) is 7.58. The summed E-state index contributed by atoms with van der Waals surface area (Å²) in [4.78, 5) is 0. The second kappa shape index (κ2) is 3.97. The van der Waals surface area contributed by atoms with E-state index in [-0.39, 0.29) is 5.82 Å². The Morgan fingerprint density at radius 1 is 0.938 bits per heavy atom. The van der Waals surface area contributed by atoms with Crippen LogP contribution in [0.5, 0.6) is 0 Å². The van der Waals surface area contributed by atoms with Gasteiger partial charge < -0.3 is 5.73 Å². The largest absolute Gasteiger partial charge is 0.398 e. The van der Waals surface area contributed by atoms with E-state index in [2.05, 4.69) is 12.1 Å². The maximum absolute atomic E-state index is 13.0. The minimum atomic E-state index is -0.299. The molecule has 16 heavy (non-hydrogen) atoms. The van der Waals surface area contributed by atoms with Crippen molar-refractivity contribution in [2.75, 3.05) is 5.73 Å². The molecule has 0 fully saturated rings. The van der Waals surface area contributed by atoms with E-state index in [0.29, 0.717) is 5.69 Å². The normalized spacial score (nSPS) is 10.4. The highest BCUT2D eigenvalue weighted by Gasteiger charge is 2.06. The molecule has 0 amide bonds. The molecule has 0 unspecified atom stereocenters. The van der Waals surface area contributed by atoms with Gasteiger partial charge in [-0.05, 0) is 43.2 Å². The van der Waals surface area contributed by atoms with Crippen molar-refractivity contribution in [1.82, 2.24) is 0 Å². The summed E-state index contributed by atoms with van der Waals surface area (Å²) in [6.45, 7) is 4.06. The van der Waals surface area contributed by atoms with Gasteiger partial charge in [0.2, 0.25) is 0 Å². The molecule has 2 rings (SSSR count). The van der Waals surface area contributed by atoms with Crippen LogP contribution in [-0.4, -0.2) is 0 Å². The van der Waals surface area contributed by atoms with Crippen LogP contribution in [0.1, 0.15) is 11.1 Å². The molecule has 2 aromatic rings. The predicted octanol–water partition coefficient (Wildman–Crippen LogP) is 3.69. The van der Waals surface area contributed by atoms with Crippen molar-refractivity contribution in [3.05, 3.63) is 53.3 Å². The lowest BCUT2D eigenvalue weighted by Crippen LogP contribution is -1.93. The van der Waals surface area contributed by atoms with Crippen molar-refractivity contribution in [2.24, 2.45) is 0 Å². The molecule has 0 saturated heterocycles. The predicted molar refractivity (Wildman–Crippen MR) is 65.7 cm³/mol. The lowest BCUT2D eigenvalue weighted by Gasteiger charge is -2.10. The molecule has 2 N–H and O–H groups in total. The second-order valence-corrected chi connectivity index (χ2v) is 4.05. The maximum Gasteiger partial charge on any atom is 0.125 e. The first kappa shape index (κ1) is 10.7. The van der Waals surface area contributed by atoms with E-state index in [9.17, 15) is 4.39 Å². The third-order valence-corrected chi connectivity index (χ3v) is 2.70. The monoisotopic (exact) mass is 215 g/mol. The quantitative estimate of drug-likeness (QED) is 0.721. The zero-order chi connectivity index (χ0) is 11.7. The Labute approximate surface area is 94.7 Å². The van der Waals surface area contributed by atoms with Crippen LogP contribution >= 0.6 is 0 Å². The zero-order valence-electron chi connectivity index (χ0n) is 9.42. The molecular formula is C14H14FN. The van der Waals surface area contributed by atoms with Gasteiger partial charge in [0.25, 0.3) is 0 Å². The number of hydrogen-bond acceptors (Lipinski definition) is 1. The summed E-state index contributed by atoms with van der Waals surface area (Å²) in [5, 5.41) is 0. The first-order valence-electron chi connectivity index (χ1n) is 5.20. The Morgan fingerprint density at radius 3 is 2.38 bits per heavy atom. The Kier molecular flexibility index (Phi) is 2.65. The molecular weight excluding hydrogens is 201 g/mol. The van der Waals surface area contributed by atoms with Gasteiger partial charge in [0.15, 0.2) is 0 Å². The van der Waals surface area contributed by atoms with Gasteiger partial charge in [0.1, 0.15) is 5.82 Å². The molecule has 2 aromatic carbocycles. The van der Waals surface area contributed by atoms with Crippen LogP contribution in [0.25, 0.3) is 11.1 Å². The summed E-state index contributed by atoms with van der Waals surface area (Å²) in [7, 11) is 0. The average Bonchev–Trinajstić information content (AvgIpc) is 2.22. The van der Waals surface area contributed by atoms with E-state index in [1.54, 1.807) is 6.07 Å². The zero-order valence-corrected chi connectivity index (χ0v) is 9.42. The van der Waals surface area contributed by atoms with Crippen LogP contribution < -0.4 is 5.73 Å². The Hall–Kier alpha value is -1.83. The van der Waals surface area contributed by atoms with Gasteiger partial charge in [-0.2, -0.15) is 0 Å². The molecule has 0 bridgehead atoms. The van der Waals surface area contributed by atoms with E-state index in [1.165, 1.54) is 17.7 Å². The lowest BCUT2D eigenvalue weighted by molar-refractivity contribution is 0.628. The van der Waals surface area contributed by atoms with E-state index in [0.717, 1.165) is 16.7 Å². The summed E-state index contributed by atoms with van der Waals surface area (Å²) in [5.41, 5.74) is 10.6. The van der Waals surface area contributed by atoms with Crippen molar-refractivity contribution >= 4 is 5.69 Å². The minimum absolute atomic E-state index is 0.299. The van der Waals surface area contributed by atoms with Gasteiger partial charge in [-0.3, -0.25) is 0 Å². The van der Waals surface area contributed by atoms with Crippen molar-refractivity contribution in [2.45, 2.75) is 13.8 Å². The van der Waals surface area contributed by atoms with Crippen molar-refractivity contribution < 1.29 is 4.39 Å². The fourth-order valence-electron chi connectivity index (χ4n) is 1.80. The summed E-state index contributed by atoms with van der Waals surface area (Å²) in [5.74, 6) is -0.299. The fraction of sp³-hybridized carbons (Fsp3) is 0.143. The SMILES string of the molecule is Cc1ccc(C)c(-c2ccc(F)cc2N)c1. The van der Waals surface area contributed by atoms with Crippen LogP contribution in [0, 0.1) is 19.7 Å². The smallest absolute Gasteiger partial charge is 0.125 e. The van der Waals surface area contributed by atoms with Crippen LogP contribution in [-0.2, 0) is 0 Å². The number of benzene rings is 2. The van der Waals surface area contributed by atoms with E-state index in [1.807, 2.05) is 19.9 Å². The molecule has 2 heteroatoms. The summed E-state index contributed by atoms with van der Waals surface area (Å²) >= 11 is 0. The number of anilines is 1. The number of halogens is 1. The van der Waals surface area contributed by atoms with Gasteiger partial charge in [0.05, 0.1) is 0 Å². The number of rotatable bonds is 1. The van der Waals surface area contributed by atoms with Gasteiger partial charge >= 0.3 is 0 Å². The number of aryl methyl sites for hydroxylation is 2. The third-order valence-electron chi connectivity index (χ3n) is 2.70. The molecule has 0 heterocycles. The van der Waals surface area contributed by atoms with Crippen LogP contribution in [0.2, 0.25) is 0 Å². The highest BCUT2D eigenvalue weighted by atomic mass is 19.1. The average molecular weight is 215 g/mol. The number of nitrogen functional groups attached to an aromatic ring is 1. The molecule has 0 aliphatic rings. The van der Waals surface area contributed by atoms with Crippen LogP contribution in [0.15, 0.2) is 36.4 Å². The summed E-state index contributed by atoms with van der Waals surface area (Å²) in [6.07, 6.45) is 0. The molecule has 0 aliphatic heterocycles.